The number of nitroso groups, excluding NO2 is 1. The Morgan fingerprint density at radius 3 is 2.86 bits per heavy atom. The van der Waals surface area contributed by atoms with Gasteiger partial charge in [-0.25, -0.2) is 0 Å². The minimum absolute atomic E-state index is 0.193. The molecule has 0 aromatic heterocycles. The number of nitrogens with two attached hydrogens (primary N) is 1. The Balaban J connectivity index is 2.76. The molecule has 0 aliphatic heterocycles. The molecule has 1 aromatic rings. The summed E-state index contributed by atoms with van der Waals surface area (Å²) < 4.78 is 0. The third-order valence-corrected chi connectivity index (χ3v) is 1.79. The molecule has 0 fully saturated rings. The van der Waals surface area contributed by atoms with Crippen molar-refractivity contribution in [3.8, 4) is 0 Å². The van der Waals surface area contributed by atoms with Crippen molar-refractivity contribution < 1.29 is 9.90 Å². The highest BCUT2D eigenvalue weighted by Crippen LogP contribution is 2.14. The van der Waals surface area contributed by atoms with Crippen LogP contribution in [0.2, 0.25) is 0 Å². The van der Waals surface area contributed by atoms with Crippen LogP contribution in [-0.2, 0) is 11.2 Å². The maximum Gasteiger partial charge on any atom is 0.320 e. The summed E-state index contributed by atoms with van der Waals surface area (Å²) in [5.41, 5.74) is 6.30. The highest BCUT2D eigenvalue weighted by molar-refractivity contribution is 5.73. The molecule has 1 rings (SSSR count). The van der Waals surface area contributed by atoms with Gasteiger partial charge in [0, 0.05) is 0 Å². The molecule has 14 heavy (non-hydrogen) atoms. The lowest BCUT2D eigenvalue weighted by atomic mass is 10.1. The van der Waals surface area contributed by atoms with Gasteiger partial charge in [-0.3, -0.25) is 4.79 Å². The van der Waals surface area contributed by atoms with Crippen LogP contribution in [0.1, 0.15) is 5.56 Å². The number of nitrogens with zero attached hydrogens (tertiary/aromatic N) is 1. The van der Waals surface area contributed by atoms with E-state index in [9.17, 15) is 9.70 Å². The number of benzene rings is 1. The molecular weight excluding hydrogens is 184 g/mol. The van der Waals surface area contributed by atoms with Crippen LogP contribution in [-0.4, -0.2) is 17.1 Å². The molecule has 3 N–H and O–H groups in total. The number of hydrogen-bond acceptors (Lipinski definition) is 4. The van der Waals surface area contributed by atoms with Gasteiger partial charge in [0.2, 0.25) is 0 Å². The van der Waals surface area contributed by atoms with Crippen molar-refractivity contribution in [2.75, 3.05) is 0 Å². The van der Waals surface area contributed by atoms with E-state index in [4.69, 9.17) is 10.8 Å². The molecule has 0 unspecified atom stereocenters. The van der Waals surface area contributed by atoms with Gasteiger partial charge in [0.25, 0.3) is 0 Å². The molecule has 0 saturated heterocycles. The molecule has 0 aliphatic rings. The van der Waals surface area contributed by atoms with Crippen molar-refractivity contribution in [3.05, 3.63) is 34.7 Å². The van der Waals surface area contributed by atoms with Crippen LogP contribution in [0.25, 0.3) is 0 Å². The molecule has 0 spiro atoms. The fourth-order valence-electron chi connectivity index (χ4n) is 1.08. The summed E-state index contributed by atoms with van der Waals surface area (Å²) in [5.74, 6) is -1.06. The molecule has 0 bridgehead atoms. The zero-order valence-electron chi connectivity index (χ0n) is 7.38. The second kappa shape index (κ2) is 4.48. The first-order valence-corrected chi connectivity index (χ1v) is 4.04. The third-order valence-electron chi connectivity index (χ3n) is 1.79. The van der Waals surface area contributed by atoms with Crippen molar-refractivity contribution in [2.24, 2.45) is 10.9 Å². The van der Waals surface area contributed by atoms with Crippen molar-refractivity contribution in [2.45, 2.75) is 12.5 Å². The van der Waals surface area contributed by atoms with Crippen LogP contribution < -0.4 is 5.73 Å². The van der Waals surface area contributed by atoms with E-state index in [1.807, 2.05) is 0 Å². The van der Waals surface area contributed by atoms with E-state index >= 15 is 0 Å². The summed E-state index contributed by atoms with van der Waals surface area (Å²) in [6, 6.07) is 5.47. The lowest BCUT2D eigenvalue weighted by Gasteiger charge is -2.05. The lowest BCUT2D eigenvalue weighted by molar-refractivity contribution is -0.138. The van der Waals surface area contributed by atoms with Crippen LogP contribution in [0.5, 0.6) is 0 Å². The topological polar surface area (TPSA) is 92.8 Å². The van der Waals surface area contributed by atoms with Crippen molar-refractivity contribution in [3.63, 3.8) is 0 Å². The molecule has 5 nitrogen and oxygen atoms in total. The van der Waals surface area contributed by atoms with Gasteiger partial charge >= 0.3 is 5.97 Å². The smallest absolute Gasteiger partial charge is 0.320 e. The second-order valence-electron chi connectivity index (χ2n) is 2.91. The number of carbonyl (C=O) groups is 1. The van der Waals surface area contributed by atoms with Crippen LogP contribution in [0.4, 0.5) is 5.69 Å². The first kappa shape index (κ1) is 10.3. The van der Waals surface area contributed by atoms with E-state index in [1.165, 1.54) is 6.07 Å². The fraction of sp³-hybridized carbons (Fsp3) is 0.222. The Kier molecular flexibility index (Phi) is 3.30. The summed E-state index contributed by atoms with van der Waals surface area (Å²) in [6.07, 6.45) is 0.193. The molecule has 0 radical (unpaired) electrons. The number of aliphatic carboxylic acids is 1. The molecule has 0 heterocycles. The normalized spacial score (nSPS) is 12.1. The molecule has 74 valence electrons. The first-order valence-electron chi connectivity index (χ1n) is 4.04. The van der Waals surface area contributed by atoms with E-state index in [0.29, 0.717) is 5.56 Å². The van der Waals surface area contributed by atoms with Crippen LogP contribution in [0, 0.1) is 4.91 Å². The van der Waals surface area contributed by atoms with Gasteiger partial charge < -0.3 is 10.8 Å². The van der Waals surface area contributed by atoms with E-state index < -0.39 is 12.0 Å². The zero-order valence-corrected chi connectivity index (χ0v) is 7.38. The first-order chi connectivity index (χ1) is 6.63. The molecule has 5 heteroatoms. The minimum atomic E-state index is -1.06. The van der Waals surface area contributed by atoms with Gasteiger partial charge in [-0.05, 0) is 29.3 Å². The van der Waals surface area contributed by atoms with Gasteiger partial charge in [-0.2, -0.15) is 0 Å². The quantitative estimate of drug-likeness (QED) is 0.700. The van der Waals surface area contributed by atoms with E-state index in [0.717, 1.165) is 0 Å². The summed E-state index contributed by atoms with van der Waals surface area (Å²) in [5, 5.41) is 11.3. The lowest BCUT2D eigenvalue weighted by Crippen LogP contribution is -2.32. The summed E-state index contributed by atoms with van der Waals surface area (Å²) in [6.45, 7) is 0. The minimum Gasteiger partial charge on any atom is -0.480 e. The zero-order chi connectivity index (χ0) is 10.6. The van der Waals surface area contributed by atoms with Crippen LogP contribution >= 0.6 is 0 Å². The molecular formula is C9H10N2O3. The Morgan fingerprint density at radius 2 is 2.29 bits per heavy atom. The average Bonchev–Trinajstić information content (AvgIpc) is 2.18. The van der Waals surface area contributed by atoms with Gasteiger partial charge in [-0.1, -0.05) is 12.1 Å². The summed E-state index contributed by atoms with van der Waals surface area (Å²) in [4.78, 5) is 20.6. The molecule has 0 amide bonds. The van der Waals surface area contributed by atoms with Crippen molar-refractivity contribution in [1.29, 1.82) is 0 Å². The van der Waals surface area contributed by atoms with Crippen molar-refractivity contribution in [1.82, 2.24) is 0 Å². The predicted molar refractivity (Wildman–Crippen MR) is 51.2 cm³/mol. The van der Waals surface area contributed by atoms with Gasteiger partial charge in [0.05, 0.1) is 0 Å². The Hall–Kier alpha value is -1.75. The van der Waals surface area contributed by atoms with E-state index in [1.54, 1.807) is 18.2 Å². The Bertz CT molecular complexity index is 352. The molecule has 0 aliphatic carbocycles. The monoisotopic (exact) mass is 194 g/mol. The third kappa shape index (κ3) is 2.63. The largest absolute Gasteiger partial charge is 0.480 e. The Labute approximate surface area is 80.5 Å². The second-order valence-corrected chi connectivity index (χ2v) is 2.91. The average molecular weight is 194 g/mol. The predicted octanol–water partition coefficient (Wildman–Crippen LogP) is 1.04. The van der Waals surface area contributed by atoms with Gasteiger partial charge in [-0.15, -0.1) is 4.91 Å². The Morgan fingerprint density at radius 1 is 1.57 bits per heavy atom. The van der Waals surface area contributed by atoms with Crippen LogP contribution in [0.3, 0.4) is 0 Å². The SMILES string of the molecule is N[C@H](Cc1cccc(N=O)c1)C(=O)O. The van der Waals surface area contributed by atoms with Crippen molar-refractivity contribution >= 4 is 11.7 Å². The number of carboxylic acid groups (broad SMARTS) is 1. The van der Waals surface area contributed by atoms with Gasteiger partial charge in [0.15, 0.2) is 0 Å². The number of hydrogen-bond donors (Lipinski definition) is 2. The standard InChI is InChI=1S/C9H10N2O3/c10-8(9(12)13)5-6-2-1-3-7(4-6)11-14/h1-4,8H,5,10H2,(H,12,13)/t8-/m1/s1. The molecule has 1 aromatic carbocycles. The van der Waals surface area contributed by atoms with E-state index in [-0.39, 0.29) is 12.1 Å². The highest BCUT2D eigenvalue weighted by atomic mass is 16.4. The number of carboxylic acids is 1. The highest BCUT2D eigenvalue weighted by Gasteiger charge is 2.11. The molecule has 0 saturated carbocycles. The maximum absolute atomic E-state index is 10.4. The summed E-state index contributed by atoms with van der Waals surface area (Å²) in [7, 11) is 0. The molecule has 1 atom stereocenters. The van der Waals surface area contributed by atoms with Crippen LogP contribution in [0.15, 0.2) is 29.4 Å². The maximum atomic E-state index is 10.4. The van der Waals surface area contributed by atoms with E-state index in [2.05, 4.69) is 5.18 Å². The summed E-state index contributed by atoms with van der Waals surface area (Å²) >= 11 is 0. The number of rotatable bonds is 4. The fourth-order valence-corrected chi connectivity index (χ4v) is 1.08. The van der Waals surface area contributed by atoms with Gasteiger partial charge in [0.1, 0.15) is 11.7 Å².